The summed E-state index contributed by atoms with van der Waals surface area (Å²) in [6.07, 6.45) is 1.00. The minimum Gasteiger partial charge on any atom is -0.354 e. The summed E-state index contributed by atoms with van der Waals surface area (Å²) in [6, 6.07) is 10.9. The van der Waals surface area contributed by atoms with Crippen molar-refractivity contribution in [2.45, 2.75) is 13.3 Å². The van der Waals surface area contributed by atoms with E-state index in [1.165, 1.54) is 26.7 Å². The number of benzene rings is 1. The molecule has 3 nitrogen and oxygen atoms in total. The van der Waals surface area contributed by atoms with Gasteiger partial charge in [-0.1, -0.05) is 18.2 Å². The molecule has 0 aliphatic carbocycles. The molecule has 1 fully saturated rings. The Hall–Kier alpha value is -1.65. The summed E-state index contributed by atoms with van der Waals surface area (Å²) in [4.78, 5) is 10.3. The van der Waals surface area contributed by atoms with Crippen LogP contribution in [-0.4, -0.2) is 36.9 Å². The number of para-hydroxylation sites is 1. The summed E-state index contributed by atoms with van der Waals surface area (Å²) in [5.74, 6) is 1.17. The number of rotatable bonds is 0. The van der Waals surface area contributed by atoms with Crippen molar-refractivity contribution in [3.63, 3.8) is 0 Å². The Morgan fingerprint density at radius 3 is 2.86 bits per heavy atom. The predicted molar refractivity (Wildman–Crippen MR) is 88.9 cm³/mol. The van der Waals surface area contributed by atoms with Crippen LogP contribution in [0.2, 0.25) is 0 Å². The number of aliphatic imine (C=N–C) groups is 1. The Kier molecular flexibility index (Phi) is 3.28. The Labute approximate surface area is 129 Å². The van der Waals surface area contributed by atoms with E-state index in [2.05, 4.69) is 47.5 Å². The molecule has 0 saturated carbocycles. The first kappa shape index (κ1) is 13.0. The van der Waals surface area contributed by atoms with Gasteiger partial charge in [-0.05, 0) is 24.6 Å². The van der Waals surface area contributed by atoms with E-state index >= 15 is 0 Å². The molecule has 4 rings (SSSR count). The lowest BCUT2D eigenvalue weighted by molar-refractivity contribution is 0.358. The zero-order valence-corrected chi connectivity index (χ0v) is 13.0. The van der Waals surface area contributed by atoms with Crippen molar-refractivity contribution < 1.29 is 0 Å². The summed E-state index contributed by atoms with van der Waals surface area (Å²) in [7, 11) is 0. The van der Waals surface area contributed by atoms with Gasteiger partial charge < -0.3 is 10.2 Å². The van der Waals surface area contributed by atoms with Crippen molar-refractivity contribution in [1.82, 2.24) is 10.2 Å². The Bertz CT molecular complexity index is 696. The highest BCUT2D eigenvalue weighted by Crippen LogP contribution is 2.33. The highest BCUT2D eigenvalue weighted by atomic mass is 32.1. The molecular weight excluding hydrogens is 278 g/mol. The lowest BCUT2D eigenvalue weighted by Gasteiger charge is -2.30. The van der Waals surface area contributed by atoms with Crippen molar-refractivity contribution >= 4 is 22.9 Å². The van der Waals surface area contributed by atoms with Crippen LogP contribution < -0.4 is 5.32 Å². The van der Waals surface area contributed by atoms with Crippen molar-refractivity contribution in [2.75, 3.05) is 26.2 Å². The number of nitrogens with one attached hydrogen (secondary N) is 1. The molecule has 0 spiro atoms. The van der Waals surface area contributed by atoms with Crippen LogP contribution in [0.1, 0.15) is 20.9 Å². The number of nitrogens with zero attached hydrogens (tertiary/aromatic N) is 2. The molecular formula is C17H19N3S. The predicted octanol–water partition coefficient (Wildman–Crippen LogP) is 2.94. The SMILES string of the molecule is Cc1cc2c(s1)Cc1ccccc1N=C2N1CCNCC1. The second-order valence-corrected chi connectivity index (χ2v) is 7.01. The van der Waals surface area contributed by atoms with Gasteiger partial charge in [0.25, 0.3) is 0 Å². The largest absolute Gasteiger partial charge is 0.354 e. The highest BCUT2D eigenvalue weighted by Gasteiger charge is 2.24. The molecule has 1 N–H and O–H groups in total. The van der Waals surface area contributed by atoms with Crippen molar-refractivity contribution in [1.29, 1.82) is 0 Å². The Balaban J connectivity index is 1.86. The van der Waals surface area contributed by atoms with Gasteiger partial charge >= 0.3 is 0 Å². The van der Waals surface area contributed by atoms with Crippen LogP contribution in [0.25, 0.3) is 0 Å². The van der Waals surface area contributed by atoms with Gasteiger partial charge in [-0.3, -0.25) is 0 Å². The summed E-state index contributed by atoms with van der Waals surface area (Å²) < 4.78 is 0. The molecule has 4 heteroatoms. The smallest absolute Gasteiger partial charge is 0.137 e. The standard InChI is InChI=1S/C17H19N3S/c1-12-10-14-16(21-12)11-13-4-2-3-5-15(13)19-17(14)20-8-6-18-7-9-20/h2-5,10,18H,6-9,11H2,1H3. The van der Waals surface area contributed by atoms with E-state index in [-0.39, 0.29) is 0 Å². The fourth-order valence-electron chi connectivity index (χ4n) is 3.12. The van der Waals surface area contributed by atoms with Crippen molar-refractivity contribution in [3.8, 4) is 0 Å². The van der Waals surface area contributed by atoms with Gasteiger partial charge in [0.2, 0.25) is 0 Å². The maximum Gasteiger partial charge on any atom is 0.137 e. The number of thiophene rings is 1. The summed E-state index contributed by atoms with van der Waals surface area (Å²) >= 11 is 1.91. The number of amidine groups is 1. The molecule has 108 valence electrons. The van der Waals surface area contributed by atoms with Gasteiger partial charge in [0.05, 0.1) is 5.69 Å². The lowest BCUT2D eigenvalue weighted by Crippen LogP contribution is -2.46. The summed E-state index contributed by atoms with van der Waals surface area (Å²) in [6.45, 7) is 6.35. The van der Waals surface area contributed by atoms with E-state index < -0.39 is 0 Å². The normalized spacial score (nSPS) is 17.8. The third-order valence-electron chi connectivity index (χ3n) is 4.16. The van der Waals surface area contributed by atoms with Gasteiger partial charge in [-0.15, -0.1) is 11.3 Å². The van der Waals surface area contributed by atoms with E-state index in [1.807, 2.05) is 11.3 Å². The van der Waals surface area contributed by atoms with E-state index in [0.717, 1.165) is 38.3 Å². The van der Waals surface area contributed by atoms with Crippen LogP contribution in [0, 0.1) is 6.92 Å². The number of aryl methyl sites for hydroxylation is 1. The van der Waals surface area contributed by atoms with Crippen molar-refractivity contribution in [2.24, 2.45) is 4.99 Å². The van der Waals surface area contributed by atoms with E-state index in [9.17, 15) is 0 Å². The van der Waals surface area contributed by atoms with Crippen LogP contribution in [0.3, 0.4) is 0 Å². The number of fused-ring (bicyclic) bond motifs is 2. The second kappa shape index (κ2) is 5.28. The van der Waals surface area contributed by atoms with E-state index in [1.54, 1.807) is 0 Å². The van der Waals surface area contributed by atoms with E-state index in [4.69, 9.17) is 4.99 Å². The average Bonchev–Trinajstić information content (AvgIpc) is 2.80. The zero-order valence-electron chi connectivity index (χ0n) is 12.2. The van der Waals surface area contributed by atoms with Crippen LogP contribution in [-0.2, 0) is 6.42 Å². The number of hydrogen-bond donors (Lipinski definition) is 1. The van der Waals surface area contributed by atoms with Crippen LogP contribution in [0.5, 0.6) is 0 Å². The topological polar surface area (TPSA) is 27.6 Å². The summed E-state index contributed by atoms with van der Waals surface area (Å²) in [5, 5.41) is 3.42. The van der Waals surface area contributed by atoms with E-state index in [0.29, 0.717) is 0 Å². The van der Waals surface area contributed by atoms with Gasteiger partial charge in [0.15, 0.2) is 0 Å². The molecule has 1 aromatic heterocycles. The highest BCUT2D eigenvalue weighted by molar-refractivity contribution is 7.12. The third kappa shape index (κ3) is 2.39. The molecule has 2 aromatic rings. The molecule has 0 unspecified atom stereocenters. The minimum absolute atomic E-state index is 1.00. The van der Waals surface area contributed by atoms with Crippen molar-refractivity contribution in [3.05, 3.63) is 51.2 Å². The first-order chi connectivity index (χ1) is 10.3. The molecule has 1 aromatic carbocycles. The second-order valence-electron chi connectivity index (χ2n) is 5.67. The number of piperazine rings is 1. The third-order valence-corrected chi connectivity index (χ3v) is 5.21. The average molecular weight is 297 g/mol. The quantitative estimate of drug-likeness (QED) is 0.809. The maximum atomic E-state index is 5.04. The molecule has 0 atom stereocenters. The molecule has 1 saturated heterocycles. The molecule has 0 amide bonds. The first-order valence-electron chi connectivity index (χ1n) is 7.53. The molecule has 21 heavy (non-hydrogen) atoms. The molecule has 2 aliphatic rings. The lowest BCUT2D eigenvalue weighted by atomic mass is 10.1. The van der Waals surface area contributed by atoms with Crippen LogP contribution in [0.15, 0.2) is 35.3 Å². The zero-order chi connectivity index (χ0) is 14.2. The van der Waals surface area contributed by atoms with Crippen LogP contribution in [0.4, 0.5) is 5.69 Å². The Morgan fingerprint density at radius 2 is 2.00 bits per heavy atom. The van der Waals surface area contributed by atoms with Gasteiger partial charge in [0.1, 0.15) is 5.84 Å². The van der Waals surface area contributed by atoms with Crippen LogP contribution >= 0.6 is 11.3 Å². The van der Waals surface area contributed by atoms with Gasteiger partial charge in [0, 0.05) is 47.9 Å². The summed E-state index contributed by atoms with van der Waals surface area (Å²) in [5.41, 5.74) is 3.81. The fraction of sp³-hybridized carbons (Fsp3) is 0.353. The molecule has 0 bridgehead atoms. The molecule has 2 aliphatic heterocycles. The van der Waals surface area contributed by atoms with Gasteiger partial charge in [-0.2, -0.15) is 0 Å². The minimum atomic E-state index is 1.00. The number of hydrogen-bond acceptors (Lipinski definition) is 4. The molecule has 0 radical (unpaired) electrons. The first-order valence-corrected chi connectivity index (χ1v) is 8.35. The monoisotopic (exact) mass is 297 g/mol. The maximum absolute atomic E-state index is 5.04. The fourth-order valence-corrected chi connectivity index (χ4v) is 4.17. The molecule has 3 heterocycles. The van der Waals surface area contributed by atoms with Gasteiger partial charge in [-0.25, -0.2) is 4.99 Å². The Morgan fingerprint density at radius 1 is 1.19 bits per heavy atom.